The zero-order valence-corrected chi connectivity index (χ0v) is 16.0. The summed E-state index contributed by atoms with van der Waals surface area (Å²) in [6.07, 6.45) is -2.72. The van der Waals surface area contributed by atoms with Crippen LogP contribution in [0.5, 0.6) is 0 Å². The number of nitrogens with one attached hydrogen (secondary N) is 1. The molecule has 3 aromatic rings. The summed E-state index contributed by atoms with van der Waals surface area (Å²) in [5.74, 6) is -0.938. The van der Waals surface area contributed by atoms with E-state index in [0.717, 1.165) is 6.07 Å². The summed E-state index contributed by atoms with van der Waals surface area (Å²) in [4.78, 5) is 8.10. The van der Waals surface area contributed by atoms with E-state index in [1.807, 2.05) is 0 Å². The molecule has 2 aromatic carbocycles. The maximum Gasteiger partial charge on any atom is 0.419 e. The van der Waals surface area contributed by atoms with Crippen molar-refractivity contribution in [1.82, 2.24) is 9.97 Å². The third-order valence-electron chi connectivity index (χ3n) is 5.61. The van der Waals surface area contributed by atoms with Crippen molar-refractivity contribution in [3.05, 3.63) is 78.0 Å². The monoisotopic (exact) mass is 417 g/mol. The number of hydrogen-bond donors (Lipinski definition) is 2. The second-order valence-corrected chi connectivity index (χ2v) is 7.45. The molecule has 0 saturated carbocycles. The highest BCUT2D eigenvalue weighted by molar-refractivity contribution is 5.91. The van der Waals surface area contributed by atoms with Crippen LogP contribution < -0.4 is 5.32 Å². The van der Waals surface area contributed by atoms with Crippen LogP contribution in [0.4, 0.5) is 23.2 Å². The number of aliphatic hydroxyl groups is 1. The van der Waals surface area contributed by atoms with Gasteiger partial charge in [-0.15, -0.1) is 6.58 Å². The van der Waals surface area contributed by atoms with E-state index in [1.165, 1.54) is 18.3 Å². The van der Waals surface area contributed by atoms with Gasteiger partial charge in [0.2, 0.25) is 0 Å². The lowest BCUT2D eigenvalue weighted by Crippen LogP contribution is -2.55. The minimum absolute atomic E-state index is 0.00360. The van der Waals surface area contributed by atoms with Gasteiger partial charge in [0.25, 0.3) is 0 Å². The van der Waals surface area contributed by atoms with Crippen molar-refractivity contribution in [3.8, 4) is 0 Å². The lowest BCUT2D eigenvalue weighted by Gasteiger charge is -2.45. The third kappa shape index (κ3) is 3.11. The van der Waals surface area contributed by atoms with Crippen LogP contribution in [0.3, 0.4) is 0 Å². The second-order valence-electron chi connectivity index (χ2n) is 7.45. The van der Waals surface area contributed by atoms with Crippen molar-refractivity contribution >= 4 is 16.6 Å². The van der Waals surface area contributed by atoms with Crippen LogP contribution in [-0.2, 0) is 0 Å². The summed E-state index contributed by atoms with van der Waals surface area (Å²) >= 11 is 0. The molecule has 4 rings (SSSR count). The summed E-state index contributed by atoms with van der Waals surface area (Å²) in [5, 5.41) is 14.0. The number of hydrogen-bond acceptors (Lipinski definition) is 4. The molecule has 1 aliphatic carbocycles. The van der Waals surface area contributed by atoms with Gasteiger partial charge >= 0.3 is 6.18 Å². The van der Waals surface area contributed by atoms with Crippen LogP contribution in [-0.4, -0.2) is 26.9 Å². The third-order valence-corrected chi connectivity index (χ3v) is 5.61. The van der Waals surface area contributed by atoms with Gasteiger partial charge in [0.05, 0.1) is 6.04 Å². The second kappa shape index (κ2) is 7.05. The van der Waals surface area contributed by atoms with Gasteiger partial charge in [-0.3, -0.25) is 0 Å². The molecule has 0 aliphatic heterocycles. The highest BCUT2D eigenvalue weighted by atomic mass is 19.4. The van der Waals surface area contributed by atoms with Crippen molar-refractivity contribution in [2.45, 2.75) is 37.1 Å². The maximum absolute atomic E-state index is 14.2. The van der Waals surface area contributed by atoms with Gasteiger partial charge in [0.1, 0.15) is 17.2 Å². The van der Waals surface area contributed by atoms with E-state index >= 15 is 0 Å². The van der Waals surface area contributed by atoms with Gasteiger partial charge < -0.3 is 10.4 Å². The molecule has 0 bridgehead atoms. The maximum atomic E-state index is 14.2. The van der Waals surface area contributed by atoms with Crippen LogP contribution >= 0.6 is 0 Å². The highest BCUT2D eigenvalue weighted by Gasteiger charge is 2.62. The molecule has 2 N–H and O–H groups in total. The fourth-order valence-electron chi connectivity index (χ4n) is 4.07. The molecule has 1 heterocycles. The molecule has 0 radical (unpaired) electrons. The molecule has 3 atom stereocenters. The molecular weight excluding hydrogens is 398 g/mol. The Hall–Kier alpha value is -3.00. The van der Waals surface area contributed by atoms with E-state index in [9.17, 15) is 22.7 Å². The summed E-state index contributed by atoms with van der Waals surface area (Å²) in [6, 6.07) is 7.56. The SMILES string of the molecule is C=CC1C[C@](O)(C(F)(F)F)[C@@H](Nc2ccc(F)c3nc(C)ncc23)c2ccccc21. The van der Waals surface area contributed by atoms with Crippen LogP contribution in [0.25, 0.3) is 10.9 Å². The average molecular weight is 417 g/mol. The summed E-state index contributed by atoms with van der Waals surface area (Å²) in [5.41, 5.74) is -1.91. The van der Waals surface area contributed by atoms with E-state index < -0.39 is 36.0 Å². The number of nitrogens with zero attached hydrogens (tertiary/aromatic N) is 2. The number of aryl methyl sites for hydroxylation is 1. The molecule has 0 saturated heterocycles. The Morgan fingerprint density at radius 1 is 1.20 bits per heavy atom. The number of aromatic nitrogens is 2. The van der Waals surface area contributed by atoms with Crippen LogP contribution in [0.15, 0.2) is 55.3 Å². The van der Waals surface area contributed by atoms with Gasteiger partial charge in [-0.2, -0.15) is 13.2 Å². The fourth-order valence-corrected chi connectivity index (χ4v) is 4.07. The standard InChI is InChI=1S/C22H19F4N3O/c1-3-13-10-21(30,22(24,25)26)20(15-7-5-4-6-14(13)15)29-18-9-8-17(23)19-16(18)11-27-12(2)28-19/h3-9,11,13,20,29-30H,1,10H2,2H3/t13?,20-,21+/m0/s1. The highest BCUT2D eigenvalue weighted by Crippen LogP contribution is 2.52. The van der Waals surface area contributed by atoms with Crippen molar-refractivity contribution in [2.24, 2.45) is 0 Å². The lowest BCUT2D eigenvalue weighted by atomic mass is 9.70. The predicted molar refractivity (Wildman–Crippen MR) is 106 cm³/mol. The van der Waals surface area contributed by atoms with Crippen molar-refractivity contribution in [3.63, 3.8) is 0 Å². The zero-order chi connectivity index (χ0) is 21.7. The lowest BCUT2D eigenvalue weighted by molar-refractivity contribution is -0.271. The number of allylic oxidation sites excluding steroid dienone is 1. The number of fused-ring (bicyclic) bond motifs is 2. The molecule has 0 fully saturated rings. The largest absolute Gasteiger partial charge is 0.419 e. The van der Waals surface area contributed by atoms with Gasteiger partial charge in [0, 0.05) is 23.2 Å². The first kappa shape index (κ1) is 20.3. The normalized spacial score (nSPS) is 23.8. The number of benzene rings is 2. The fraction of sp³-hybridized carbons (Fsp3) is 0.273. The molecule has 30 heavy (non-hydrogen) atoms. The Morgan fingerprint density at radius 3 is 2.57 bits per heavy atom. The van der Waals surface area contributed by atoms with Crippen LogP contribution in [0.2, 0.25) is 0 Å². The molecule has 8 heteroatoms. The van der Waals surface area contributed by atoms with Gasteiger partial charge in [0.15, 0.2) is 5.60 Å². The smallest absolute Gasteiger partial charge is 0.379 e. The first-order valence-electron chi connectivity index (χ1n) is 9.34. The molecular formula is C22H19F4N3O. The average Bonchev–Trinajstić information content (AvgIpc) is 2.71. The number of alkyl halides is 3. The minimum Gasteiger partial charge on any atom is -0.379 e. The Kier molecular flexibility index (Phi) is 4.77. The van der Waals surface area contributed by atoms with E-state index in [-0.39, 0.29) is 16.6 Å². The molecule has 4 nitrogen and oxygen atoms in total. The number of halogens is 4. The van der Waals surface area contributed by atoms with Gasteiger partial charge in [-0.25, -0.2) is 14.4 Å². The molecule has 1 aliphatic rings. The first-order valence-corrected chi connectivity index (χ1v) is 9.34. The van der Waals surface area contributed by atoms with E-state index in [4.69, 9.17) is 0 Å². The van der Waals surface area contributed by atoms with E-state index in [1.54, 1.807) is 31.2 Å². The summed E-state index contributed by atoms with van der Waals surface area (Å²) in [7, 11) is 0. The van der Waals surface area contributed by atoms with E-state index in [2.05, 4.69) is 21.9 Å². The molecule has 1 unspecified atom stereocenters. The quantitative estimate of drug-likeness (QED) is 0.455. The Labute approximate surface area is 170 Å². The zero-order valence-electron chi connectivity index (χ0n) is 16.0. The van der Waals surface area contributed by atoms with Gasteiger partial charge in [-0.1, -0.05) is 30.3 Å². The Morgan fingerprint density at radius 2 is 1.90 bits per heavy atom. The summed E-state index contributed by atoms with van der Waals surface area (Å²) < 4.78 is 56.6. The van der Waals surface area contributed by atoms with Crippen LogP contribution in [0.1, 0.15) is 35.3 Å². The predicted octanol–water partition coefficient (Wildman–Crippen LogP) is 5.20. The molecule has 0 amide bonds. The van der Waals surface area contributed by atoms with Crippen molar-refractivity contribution < 1.29 is 22.7 Å². The van der Waals surface area contributed by atoms with Crippen LogP contribution in [0, 0.1) is 12.7 Å². The molecule has 156 valence electrons. The molecule has 1 aromatic heterocycles. The number of rotatable bonds is 3. The Bertz CT molecular complexity index is 1130. The topological polar surface area (TPSA) is 58.0 Å². The van der Waals surface area contributed by atoms with Crippen molar-refractivity contribution in [1.29, 1.82) is 0 Å². The number of anilines is 1. The molecule has 0 spiro atoms. The first-order chi connectivity index (χ1) is 14.2. The Balaban J connectivity index is 1.90. The van der Waals surface area contributed by atoms with Gasteiger partial charge in [-0.05, 0) is 36.6 Å². The van der Waals surface area contributed by atoms with Crippen molar-refractivity contribution in [2.75, 3.05) is 5.32 Å². The summed E-state index contributed by atoms with van der Waals surface area (Å²) in [6.45, 7) is 5.23. The van der Waals surface area contributed by atoms with E-state index in [0.29, 0.717) is 17.0 Å². The minimum atomic E-state index is -4.91.